The average Bonchev–Trinajstić information content (AvgIpc) is 2.46. The molecule has 6 nitrogen and oxygen atoms in total. The minimum atomic E-state index is -0.275. The molecule has 106 valence electrons. The summed E-state index contributed by atoms with van der Waals surface area (Å²) in [7, 11) is 7.28. The minimum Gasteiger partial charge on any atom is -0.357 e. The molecule has 7 heteroatoms. The van der Waals surface area contributed by atoms with Gasteiger partial charge >= 0.3 is 0 Å². The molecule has 20 heavy (non-hydrogen) atoms. The van der Waals surface area contributed by atoms with Crippen LogP contribution in [0.2, 0.25) is 0 Å². The number of nitrogens with one attached hydrogen (secondary N) is 1. The van der Waals surface area contributed by atoms with Crippen LogP contribution in [0.4, 0.5) is 27.9 Å². The predicted molar refractivity (Wildman–Crippen MR) is 78.2 cm³/mol. The van der Waals surface area contributed by atoms with E-state index >= 15 is 0 Å². The zero-order valence-corrected chi connectivity index (χ0v) is 11.9. The van der Waals surface area contributed by atoms with Gasteiger partial charge in [-0.15, -0.1) is 0 Å². The van der Waals surface area contributed by atoms with Gasteiger partial charge in [-0.05, 0) is 24.3 Å². The van der Waals surface area contributed by atoms with E-state index in [1.807, 2.05) is 21.1 Å². The Bertz CT molecular complexity index is 584. The Balaban J connectivity index is 2.40. The number of benzene rings is 1. The van der Waals surface area contributed by atoms with Gasteiger partial charge in [0.15, 0.2) is 0 Å². The van der Waals surface area contributed by atoms with E-state index in [1.165, 1.54) is 12.1 Å². The van der Waals surface area contributed by atoms with E-state index in [0.29, 0.717) is 17.8 Å². The number of rotatable bonds is 4. The first-order valence-corrected chi connectivity index (χ1v) is 6.11. The third-order valence-corrected chi connectivity index (χ3v) is 2.75. The standard InChI is InChI=1S/C13H17FN6/c1-15-11-16-12(19(2)3)18-13(17-11)20(4)10-7-5-9(14)6-8-10/h5-8H,1-4H3,(H,15,16,17,18). The molecule has 2 rings (SSSR count). The maximum Gasteiger partial charge on any atom is 0.236 e. The van der Waals surface area contributed by atoms with Crippen LogP contribution in [0.5, 0.6) is 0 Å². The highest BCUT2D eigenvalue weighted by Crippen LogP contribution is 2.22. The van der Waals surface area contributed by atoms with Gasteiger partial charge in [0.25, 0.3) is 0 Å². The second kappa shape index (κ2) is 5.68. The fourth-order valence-corrected chi connectivity index (χ4v) is 1.60. The molecule has 0 aliphatic rings. The molecule has 0 aliphatic heterocycles. The first kappa shape index (κ1) is 14.0. The fraction of sp³-hybridized carbons (Fsp3) is 0.308. The second-order valence-corrected chi connectivity index (χ2v) is 4.44. The van der Waals surface area contributed by atoms with Gasteiger partial charge < -0.3 is 15.1 Å². The van der Waals surface area contributed by atoms with Crippen molar-refractivity contribution in [3.63, 3.8) is 0 Å². The molecular formula is C13H17FN6. The molecule has 0 saturated heterocycles. The summed E-state index contributed by atoms with van der Waals surface area (Å²) in [5.41, 5.74) is 0.796. The highest BCUT2D eigenvalue weighted by Gasteiger charge is 2.12. The van der Waals surface area contributed by atoms with Crippen LogP contribution in [-0.4, -0.2) is 43.1 Å². The van der Waals surface area contributed by atoms with E-state index < -0.39 is 0 Å². The molecule has 0 fully saturated rings. The molecule has 1 aromatic carbocycles. The lowest BCUT2D eigenvalue weighted by Gasteiger charge is -2.19. The molecule has 0 atom stereocenters. The minimum absolute atomic E-state index is 0.275. The van der Waals surface area contributed by atoms with Crippen molar-refractivity contribution in [1.29, 1.82) is 0 Å². The summed E-state index contributed by atoms with van der Waals surface area (Å²) < 4.78 is 13.0. The van der Waals surface area contributed by atoms with Gasteiger partial charge in [-0.25, -0.2) is 4.39 Å². The van der Waals surface area contributed by atoms with Crippen LogP contribution in [0.15, 0.2) is 24.3 Å². The third kappa shape index (κ3) is 2.93. The number of aromatic nitrogens is 3. The Labute approximate surface area is 117 Å². The smallest absolute Gasteiger partial charge is 0.236 e. The molecule has 1 N–H and O–H groups in total. The molecule has 2 aromatic rings. The summed E-state index contributed by atoms with van der Waals surface area (Å²) in [5, 5.41) is 2.90. The number of hydrogen-bond acceptors (Lipinski definition) is 6. The van der Waals surface area contributed by atoms with Crippen molar-refractivity contribution in [2.75, 3.05) is 43.3 Å². The Hall–Kier alpha value is -2.44. The zero-order chi connectivity index (χ0) is 14.7. The van der Waals surface area contributed by atoms with E-state index in [2.05, 4.69) is 20.3 Å². The summed E-state index contributed by atoms with van der Waals surface area (Å²) in [5.74, 6) is 1.24. The Morgan fingerprint density at radius 3 is 2.10 bits per heavy atom. The Morgan fingerprint density at radius 2 is 1.55 bits per heavy atom. The highest BCUT2D eigenvalue weighted by atomic mass is 19.1. The first-order valence-electron chi connectivity index (χ1n) is 6.11. The molecular weight excluding hydrogens is 259 g/mol. The van der Waals surface area contributed by atoms with Crippen LogP contribution >= 0.6 is 0 Å². The lowest BCUT2D eigenvalue weighted by atomic mass is 10.3. The molecule has 0 aliphatic carbocycles. The molecule has 1 heterocycles. The predicted octanol–water partition coefficient (Wildman–Crippen LogP) is 1.89. The topological polar surface area (TPSA) is 57.2 Å². The van der Waals surface area contributed by atoms with Gasteiger partial charge in [0.1, 0.15) is 5.82 Å². The van der Waals surface area contributed by atoms with E-state index in [1.54, 1.807) is 29.0 Å². The lowest BCUT2D eigenvalue weighted by Crippen LogP contribution is -2.19. The van der Waals surface area contributed by atoms with Crippen molar-refractivity contribution in [2.45, 2.75) is 0 Å². The number of nitrogens with zero attached hydrogens (tertiary/aromatic N) is 5. The first-order chi connectivity index (χ1) is 9.51. The number of halogens is 1. The summed E-state index contributed by atoms with van der Waals surface area (Å²) in [6.07, 6.45) is 0. The largest absolute Gasteiger partial charge is 0.357 e. The molecule has 0 unspecified atom stereocenters. The van der Waals surface area contributed by atoms with E-state index in [4.69, 9.17) is 0 Å². The lowest BCUT2D eigenvalue weighted by molar-refractivity contribution is 0.628. The maximum atomic E-state index is 13.0. The van der Waals surface area contributed by atoms with Crippen LogP contribution in [0, 0.1) is 5.82 Å². The Morgan fingerprint density at radius 1 is 0.950 bits per heavy atom. The van der Waals surface area contributed by atoms with Crippen molar-refractivity contribution in [3.8, 4) is 0 Å². The van der Waals surface area contributed by atoms with Crippen molar-refractivity contribution in [3.05, 3.63) is 30.1 Å². The van der Waals surface area contributed by atoms with Gasteiger partial charge in [0, 0.05) is 33.9 Å². The molecule has 0 bridgehead atoms. The molecule has 0 spiro atoms. The number of anilines is 4. The second-order valence-electron chi connectivity index (χ2n) is 4.44. The maximum absolute atomic E-state index is 13.0. The third-order valence-electron chi connectivity index (χ3n) is 2.75. The molecule has 1 aromatic heterocycles. The van der Waals surface area contributed by atoms with Gasteiger partial charge in [-0.3, -0.25) is 0 Å². The van der Waals surface area contributed by atoms with E-state index in [-0.39, 0.29) is 5.82 Å². The number of hydrogen-bond donors (Lipinski definition) is 1. The summed E-state index contributed by atoms with van der Waals surface area (Å²) >= 11 is 0. The summed E-state index contributed by atoms with van der Waals surface area (Å²) in [6.45, 7) is 0. The SMILES string of the molecule is CNc1nc(N(C)C)nc(N(C)c2ccc(F)cc2)n1. The molecule has 0 amide bonds. The van der Waals surface area contributed by atoms with Crippen LogP contribution in [0.25, 0.3) is 0 Å². The van der Waals surface area contributed by atoms with E-state index in [9.17, 15) is 4.39 Å². The van der Waals surface area contributed by atoms with Crippen LogP contribution in [-0.2, 0) is 0 Å². The monoisotopic (exact) mass is 276 g/mol. The molecule has 0 saturated carbocycles. The van der Waals surface area contributed by atoms with Gasteiger partial charge in [0.05, 0.1) is 0 Å². The van der Waals surface area contributed by atoms with Crippen LogP contribution in [0.3, 0.4) is 0 Å². The van der Waals surface area contributed by atoms with Crippen molar-refractivity contribution < 1.29 is 4.39 Å². The fourth-order valence-electron chi connectivity index (χ4n) is 1.60. The van der Waals surface area contributed by atoms with Crippen LogP contribution < -0.4 is 15.1 Å². The zero-order valence-electron chi connectivity index (χ0n) is 11.9. The van der Waals surface area contributed by atoms with Crippen molar-refractivity contribution in [2.24, 2.45) is 0 Å². The normalized spacial score (nSPS) is 10.2. The molecule has 0 radical (unpaired) electrons. The van der Waals surface area contributed by atoms with Gasteiger partial charge in [-0.2, -0.15) is 15.0 Å². The van der Waals surface area contributed by atoms with E-state index in [0.717, 1.165) is 5.69 Å². The quantitative estimate of drug-likeness (QED) is 0.920. The van der Waals surface area contributed by atoms with Gasteiger partial charge in [0.2, 0.25) is 17.8 Å². The van der Waals surface area contributed by atoms with Gasteiger partial charge in [-0.1, -0.05) is 0 Å². The Kier molecular flexibility index (Phi) is 3.97. The van der Waals surface area contributed by atoms with Crippen molar-refractivity contribution in [1.82, 2.24) is 15.0 Å². The van der Waals surface area contributed by atoms with Crippen LogP contribution in [0.1, 0.15) is 0 Å². The summed E-state index contributed by atoms with van der Waals surface area (Å²) in [4.78, 5) is 16.5. The summed E-state index contributed by atoms with van der Waals surface area (Å²) in [6, 6.07) is 6.15. The highest BCUT2D eigenvalue weighted by molar-refractivity contribution is 5.58. The average molecular weight is 276 g/mol. The van der Waals surface area contributed by atoms with Crippen molar-refractivity contribution >= 4 is 23.5 Å².